The molecule has 1 aliphatic heterocycles. The molecule has 9 heteroatoms. The molecule has 3 N–H and O–H groups in total. The first-order valence-electron chi connectivity index (χ1n) is 11.2. The second kappa shape index (κ2) is 9.40. The van der Waals surface area contributed by atoms with E-state index in [4.69, 9.17) is 4.42 Å². The summed E-state index contributed by atoms with van der Waals surface area (Å²) >= 11 is 0. The van der Waals surface area contributed by atoms with Crippen molar-refractivity contribution in [1.29, 1.82) is 0 Å². The van der Waals surface area contributed by atoms with Crippen LogP contribution in [0.1, 0.15) is 26.5 Å². The molecule has 34 heavy (non-hydrogen) atoms. The lowest BCUT2D eigenvalue weighted by Crippen LogP contribution is -2.44. The van der Waals surface area contributed by atoms with Gasteiger partial charge in [-0.25, -0.2) is 0 Å². The molecular formula is C25H26N6O3. The Kier molecular flexibility index (Phi) is 6.01. The van der Waals surface area contributed by atoms with Crippen molar-refractivity contribution in [2.75, 3.05) is 43.4 Å². The number of nitrogens with zero attached hydrogens (tertiary/aromatic N) is 3. The maximum atomic E-state index is 12.9. The summed E-state index contributed by atoms with van der Waals surface area (Å²) in [6.07, 6.45) is 1.56. The quantitative estimate of drug-likeness (QED) is 0.410. The number of likely N-dealkylation sites (N-methyl/N-ethyl adjacent to an activating group) is 1. The van der Waals surface area contributed by atoms with Crippen LogP contribution in [-0.4, -0.2) is 60.1 Å². The highest BCUT2D eigenvalue weighted by molar-refractivity contribution is 6.09. The third kappa shape index (κ3) is 4.65. The lowest BCUT2D eigenvalue weighted by Gasteiger charge is -2.34. The van der Waals surface area contributed by atoms with Crippen LogP contribution in [0.25, 0.3) is 10.9 Å². The molecule has 0 spiro atoms. The van der Waals surface area contributed by atoms with Gasteiger partial charge in [0.1, 0.15) is 5.76 Å². The van der Waals surface area contributed by atoms with E-state index in [1.54, 1.807) is 36.6 Å². The first-order valence-corrected chi connectivity index (χ1v) is 11.2. The van der Waals surface area contributed by atoms with Crippen molar-refractivity contribution in [1.82, 2.24) is 20.4 Å². The van der Waals surface area contributed by atoms with Crippen molar-refractivity contribution < 1.29 is 14.0 Å². The van der Waals surface area contributed by atoms with E-state index in [0.29, 0.717) is 34.6 Å². The van der Waals surface area contributed by atoms with E-state index < -0.39 is 0 Å². The Hall–Kier alpha value is -4.11. The zero-order valence-corrected chi connectivity index (χ0v) is 18.9. The van der Waals surface area contributed by atoms with E-state index in [9.17, 15) is 9.59 Å². The van der Waals surface area contributed by atoms with Gasteiger partial charge in [0.25, 0.3) is 11.8 Å². The molecule has 1 fully saturated rings. The standard InChI is InChI=1S/C25H26N6O3/c1-30-10-12-31(13-11-30)19-7-4-17(5-8-19)25(33)27-23-21-15-18(6-9-22(21)28-29-23)24(32)26-16-20-3-2-14-34-20/h2-9,14-15H,10-13,16H2,1H3,(H,26,32)(H2,27,28,29,33). The minimum atomic E-state index is -0.258. The number of nitrogens with one attached hydrogen (secondary N) is 3. The van der Waals surface area contributed by atoms with Gasteiger partial charge in [0, 0.05) is 48.4 Å². The molecular weight excluding hydrogens is 432 g/mol. The van der Waals surface area contributed by atoms with Gasteiger partial charge in [-0.1, -0.05) is 0 Å². The Morgan fingerprint density at radius 1 is 1.00 bits per heavy atom. The van der Waals surface area contributed by atoms with Gasteiger partial charge in [-0.3, -0.25) is 14.7 Å². The van der Waals surface area contributed by atoms with Crippen molar-refractivity contribution in [3.05, 3.63) is 77.7 Å². The van der Waals surface area contributed by atoms with Crippen molar-refractivity contribution in [2.24, 2.45) is 0 Å². The van der Waals surface area contributed by atoms with Gasteiger partial charge in [-0.15, -0.1) is 0 Å². The molecule has 2 aromatic heterocycles. The Morgan fingerprint density at radius 2 is 1.76 bits per heavy atom. The van der Waals surface area contributed by atoms with Gasteiger partial charge in [-0.05, 0) is 61.6 Å². The maximum absolute atomic E-state index is 12.9. The van der Waals surface area contributed by atoms with Crippen LogP contribution in [0, 0.1) is 0 Å². The number of amides is 2. The molecule has 174 valence electrons. The fourth-order valence-electron chi connectivity index (χ4n) is 4.00. The van der Waals surface area contributed by atoms with Gasteiger partial charge in [0.15, 0.2) is 5.82 Å². The van der Waals surface area contributed by atoms with Crippen molar-refractivity contribution in [3.8, 4) is 0 Å². The highest BCUT2D eigenvalue weighted by Crippen LogP contribution is 2.23. The number of hydrogen-bond acceptors (Lipinski definition) is 6. The summed E-state index contributed by atoms with van der Waals surface area (Å²) in [6, 6.07) is 16.4. The number of piperazine rings is 1. The van der Waals surface area contributed by atoms with Crippen LogP contribution in [-0.2, 0) is 6.54 Å². The van der Waals surface area contributed by atoms with Crippen molar-refractivity contribution in [2.45, 2.75) is 6.54 Å². The van der Waals surface area contributed by atoms with E-state index in [-0.39, 0.29) is 11.8 Å². The number of aromatic amines is 1. The van der Waals surface area contributed by atoms with Gasteiger partial charge in [-0.2, -0.15) is 5.10 Å². The predicted molar refractivity (Wildman–Crippen MR) is 130 cm³/mol. The smallest absolute Gasteiger partial charge is 0.256 e. The number of rotatable bonds is 6. The van der Waals surface area contributed by atoms with Crippen LogP contribution >= 0.6 is 0 Å². The fraction of sp³-hybridized carbons (Fsp3) is 0.240. The molecule has 2 amide bonds. The molecule has 0 radical (unpaired) electrons. The Labute approximate surface area is 196 Å². The van der Waals surface area contributed by atoms with Crippen LogP contribution in [0.3, 0.4) is 0 Å². The number of anilines is 2. The topological polar surface area (TPSA) is 106 Å². The first-order chi connectivity index (χ1) is 16.6. The second-order valence-corrected chi connectivity index (χ2v) is 8.39. The first kappa shape index (κ1) is 21.7. The Balaban J connectivity index is 1.27. The monoisotopic (exact) mass is 458 g/mol. The number of H-pyrrole nitrogens is 1. The average Bonchev–Trinajstić information content (AvgIpc) is 3.53. The number of furan rings is 1. The van der Waals surface area contributed by atoms with Crippen LogP contribution in [0.4, 0.5) is 11.5 Å². The Morgan fingerprint density at radius 3 is 2.50 bits per heavy atom. The molecule has 5 rings (SSSR count). The molecule has 3 heterocycles. The third-order valence-corrected chi connectivity index (χ3v) is 6.06. The number of carbonyl (C=O) groups excluding carboxylic acids is 2. The summed E-state index contributed by atoms with van der Waals surface area (Å²) in [5.74, 6) is 0.551. The minimum absolute atomic E-state index is 0.240. The highest BCUT2D eigenvalue weighted by atomic mass is 16.3. The van der Waals surface area contributed by atoms with Gasteiger partial charge in [0.2, 0.25) is 0 Å². The normalized spacial score (nSPS) is 14.3. The van der Waals surface area contributed by atoms with Crippen LogP contribution < -0.4 is 15.5 Å². The molecule has 9 nitrogen and oxygen atoms in total. The van der Waals surface area contributed by atoms with Gasteiger partial charge in [0.05, 0.1) is 18.3 Å². The molecule has 0 atom stereocenters. The summed E-state index contributed by atoms with van der Waals surface area (Å²) in [5, 5.41) is 13.5. The van der Waals surface area contributed by atoms with E-state index >= 15 is 0 Å². The number of aromatic nitrogens is 2. The zero-order chi connectivity index (χ0) is 23.5. The molecule has 0 aliphatic carbocycles. The summed E-state index contributed by atoms with van der Waals surface area (Å²) in [5.41, 5.74) is 2.84. The second-order valence-electron chi connectivity index (χ2n) is 8.39. The lowest BCUT2D eigenvalue weighted by molar-refractivity contribution is 0.0947. The van der Waals surface area contributed by atoms with Crippen molar-refractivity contribution in [3.63, 3.8) is 0 Å². The largest absolute Gasteiger partial charge is 0.467 e. The lowest BCUT2D eigenvalue weighted by atomic mass is 10.1. The van der Waals surface area contributed by atoms with E-state index in [2.05, 4.69) is 37.7 Å². The molecule has 2 aromatic carbocycles. The third-order valence-electron chi connectivity index (χ3n) is 6.06. The molecule has 1 saturated heterocycles. The minimum Gasteiger partial charge on any atom is -0.467 e. The van der Waals surface area contributed by atoms with Crippen molar-refractivity contribution >= 4 is 34.2 Å². The summed E-state index contributed by atoms with van der Waals surface area (Å²) in [6.45, 7) is 4.29. The van der Waals surface area contributed by atoms with Crippen LogP contribution in [0.2, 0.25) is 0 Å². The number of benzene rings is 2. The van der Waals surface area contributed by atoms with Gasteiger partial charge >= 0.3 is 0 Å². The van der Waals surface area contributed by atoms with E-state index in [1.807, 2.05) is 24.3 Å². The van der Waals surface area contributed by atoms with Crippen LogP contribution in [0.15, 0.2) is 65.3 Å². The molecule has 4 aromatic rings. The SMILES string of the molecule is CN1CCN(c2ccc(C(=O)Nc3n[nH]c4ccc(C(=O)NCc5ccco5)cc34)cc2)CC1. The zero-order valence-electron chi connectivity index (χ0n) is 18.9. The number of hydrogen-bond donors (Lipinski definition) is 3. The Bertz CT molecular complexity index is 1290. The molecule has 0 saturated carbocycles. The molecule has 1 aliphatic rings. The van der Waals surface area contributed by atoms with E-state index in [1.165, 1.54) is 0 Å². The molecule has 0 bridgehead atoms. The average molecular weight is 459 g/mol. The molecule has 0 unspecified atom stereocenters. The summed E-state index contributed by atoms with van der Waals surface area (Å²) in [7, 11) is 2.12. The highest BCUT2D eigenvalue weighted by Gasteiger charge is 2.16. The van der Waals surface area contributed by atoms with Crippen LogP contribution in [0.5, 0.6) is 0 Å². The van der Waals surface area contributed by atoms with Gasteiger partial charge < -0.3 is 24.9 Å². The van der Waals surface area contributed by atoms with E-state index in [0.717, 1.165) is 37.4 Å². The fourth-order valence-corrected chi connectivity index (χ4v) is 4.00. The predicted octanol–water partition coefficient (Wildman–Crippen LogP) is 3.09. The summed E-state index contributed by atoms with van der Waals surface area (Å²) in [4.78, 5) is 30.1. The maximum Gasteiger partial charge on any atom is 0.256 e. The summed E-state index contributed by atoms with van der Waals surface area (Å²) < 4.78 is 5.25. The number of fused-ring (bicyclic) bond motifs is 1. The number of carbonyl (C=O) groups is 2.